The number of hydrogen-bond acceptors (Lipinski definition) is 6. The van der Waals surface area contributed by atoms with E-state index in [1.54, 1.807) is 30.3 Å². The zero-order chi connectivity index (χ0) is 21.0. The fourth-order valence-electron chi connectivity index (χ4n) is 2.75. The van der Waals surface area contributed by atoms with E-state index in [-0.39, 0.29) is 23.7 Å². The molecule has 1 N–H and O–H groups in total. The van der Waals surface area contributed by atoms with Gasteiger partial charge in [0.05, 0.1) is 10.6 Å². The number of rotatable bonds is 6. The molecule has 10 heteroatoms. The third-order valence-electron chi connectivity index (χ3n) is 4.13. The SMILES string of the molecule is CCN1C(=O)[C@H](CC(=O)Nc2ccccc2[N+](=O)[O-])SC1=Nc1ccc(Cl)cc1. The minimum atomic E-state index is -0.649. The number of nitrogens with one attached hydrogen (secondary N) is 1. The second-order valence-electron chi connectivity index (χ2n) is 6.09. The Kier molecular flexibility index (Phi) is 6.50. The first-order chi connectivity index (χ1) is 13.9. The number of aliphatic imine (C=N–C) groups is 1. The first-order valence-electron chi connectivity index (χ1n) is 8.74. The monoisotopic (exact) mass is 432 g/mol. The highest BCUT2D eigenvalue weighted by Gasteiger charge is 2.38. The van der Waals surface area contributed by atoms with Gasteiger partial charge in [0.25, 0.3) is 5.69 Å². The summed E-state index contributed by atoms with van der Waals surface area (Å²) in [5.41, 5.74) is 0.542. The van der Waals surface area contributed by atoms with Gasteiger partial charge in [0.2, 0.25) is 11.8 Å². The van der Waals surface area contributed by atoms with Crippen LogP contribution in [0.3, 0.4) is 0 Å². The molecule has 29 heavy (non-hydrogen) atoms. The van der Waals surface area contributed by atoms with Crippen LogP contribution in [0.1, 0.15) is 13.3 Å². The summed E-state index contributed by atoms with van der Waals surface area (Å²) in [6.45, 7) is 2.24. The summed E-state index contributed by atoms with van der Waals surface area (Å²) in [7, 11) is 0. The van der Waals surface area contributed by atoms with E-state index >= 15 is 0 Å². The number of nitro benzene ring substituents is 1. The fourth-order valence-corrected chi connectivity index (χ4v) is 4.10. The predicted molar refractivity (Wildman–Crippen MR) is 114 cm³/mol. The van der Waals surface area contributed by atoms with Crippen LogP contribution in [0.2, 0.25) is 5.02 Å². The van der Waals surface area contributed by atoms with Gasteiger partial charge in [-0.2, -0.15) is 0 Å². The maximum absolute atomic E-state index is 12.7. The maximum Gasteiger partial charge on any atom is 0.292 e. The molecule has 1 fully saturated rings. The van der Waals surface area contributed by atoms with E-state index < -0.39 is 16.1 Å². The molecule has 2 amide bonds. The van der Waals surface area contributed by atoms with Crippen molar-refractivity contribution in [2.24, 2.45) is 4.99 Å². The fraction of sp³-hybridized carbons (Fsp3) is 0.211. The van der Waals surface area contributed by atoms with Crippen LogP contribution in [0.15, 0.2) is 53.5 Å². The Hall–Kier alpha value is -2.91. The van der Waals surface area contributed by atoms with Gasteiger partial charge in [-0.1, -0.05) is 35.5 Å². The number of benzene rings is 2. The lowest BCUT2D eigenvalue weighted by atomic mass is 10.2. The number of anilines is 1. The van der Waals surface area contributed by atoms with Gasteiger partial charge in [-0.25, -0.2) is 4.99 Å². The summed E-state index contributed by atoms with van der Waals surface area (Å²) < 4.78 is 0. The summed E-state index contributed by atoms with van der Waals surface area (Å²) in [5.74, 6) is -0.697. The lowest BCUT2D eigenvalue weighted by Crippen LogP contribution is -2.33. The zero-order valence-electron chi connectivity index (χ0n) is 15.4. The van der Waals surface area contributed by atoms with E-state index in [0.717, 1.165) is 0 Å². The van der Waals surface area contributed by atoms with Crippen LogP contribution in [0, 0.1) is 10.1 Å². The molecule has 2 aromatic rings. The van der Waals surface area contributed by atoms with Crippen molar-refractivity contribution in [3.63, 3.8) is 0 Å². The van der Waals surface area contributed by atoms with Gasteiger partial charge in [-0.15, -0.1) is 0 Å². The number of amidine groups is 1. The summed E-state index contributed by atoms with van der Waals surface area (Å²) in [6.07, 6.45) is -0.119. The van der Waals surface area contributed by atoms with E-state index in [1.165, 1.54) is 34.9 Å². The molecule has 150 valence electrons. The van der Waals surface area contributed by atoms with E-state index in [4.69, 9.17) is 11.6 Å². The van der Waals surface area contributed by atoms with Crippen molar-refractivity contribution in [3.8, 4) is 0 Å². The summed E-state index contributed by atoms with van der Waals surface area (Å²) in [5, 5.41) is 14.0. The standard InChI is InChI=1S/C19H17ClN4O4S/c1-2-23-18(26)16(29-19(23)21-13-9-7-12(20)8-10-13)11-17(25)22-14-5-3-4-6-15(14)24(27)28/h3-10,16H,2,11H2,1H3,(H,22,25)/t16-/m0/s1. The molecule has 1 aliphatic heterocycles. The Morgan fingerprint density at radius 3 is 2.62 bits per heavy atom. The Bertz CT molecular complexity index is 980. The van der Waals surface area contributed by atoms with Crippen LogP contribution in [0.5, 0.6) is 0 Å². The Morgan fingerprint density at radius 1 is 1.28 bits per heavy atom. The zero-order valence-corrected chi connectivity index (χ0v) is 16.9. The van der Waals surface area contributed by atoms with Gasteiger partial charge in [-0.3, -0.25) is 24.6 Å². The van der Waals surface area contributed by atoms with Crippen molar-refractivity contribution < 1.29 is 14.5 Å². The normalized spacial score (nSPS) is 17.6. The van der Waals surface area contributed by atoms with Crippen molar-refractivity contribution in [1.29, 1.82) is 0 Å². The molecule has 0 spiro atoms. The maximum atomic E-state index is 12.7. The molecule has 1 aliphatic rings. The van der Waals surface area contributed by atoms with Crippen molar-refractivity contribution in [3.05, 3.63) is 63.7 Å². The van der Waals surface area contributed by atoms with E-state index in [2.05, 4.69) is 10.3 Å². The van der Waals surface area contributed by atoms with Crippen LogP contribution >= 0.6 is 23.4 Å². The lowest BCUT2D eigenvalue weighted by Gasteiger charge is -2.13. The number of halogens is 1. The quantitative estimate of drug-likeness (QED) is 0.543. The molecule has 1 saturated heterocycles. The average molecular weight is 433 g/mol. The van der Waals surface area contributed by atoms with Gasteiger partial charge >= 0.3 is 0 Å². The van der Waals surface area contributed by atoms with Gasteiger partial charge in [0.1, 0.15) is 10.9 Å². The Morgan fingerprint density at radius 2 is 1.97 bits per heavy atom. The third kappa shape index (κ3) is 4.93. The van der Waals surface area contributed by atoms with Crippen molar-refractivity contribution in [2.75, 3.05) is 11.9 Å². The van der Waals surface area contributed by atoms with Crippen molar-refractivity contribution >= 4 is 57.4 Å². The number of hydrogen-bond donors (Lipinski definition) is 1. The smallest absolute Gasteiger partial charge is 0.292 e. The van der Waals surface area contributed by atoms with E-state index in [1.807, 2.05) is 6.92 Å². The first-order valence-corrected chi connectivity index (χ1v) is 10.0. The van der Waals surface area contributed by atoms with Gasteiger partial charge in [-0.05, 0) is 37.3 Å². The minimum Gasteiger partial charge on any atom is -0.320 e. The molecule has 1 heterocycles. The lowest BCUT2D eigenvalue weighted by molar-refractivity contribution is -0.383. The average Bonchev–Trinajstić information content (AvgIpc) is 2.98. The molecule has 0 bridgehead atoms. The van der Waals surface area contributed by atoms with Crippen molar-refractivity contribution in [2.45, 2.75) is 18.6 Å². The Balaban J connectivity index is 1.73. The number of nitro groups is 1. The van der Waals surface area contributed by atoms with Crippen LogP contribution in [0.25, 0.3) is 0 Å². The molecule has 2 aromatic carbocycles. The number of carbonyl (C=O) groups excluding carboxylic acids is 2. The summed E-state index contributed by atoms with van der Waals surface area (Å²) in [4.78, 5) is 41.6. The van der Waals surface area contributed by atoms with Crippen LogP contribution in [-0.2, 0) is 9.59 Å². The van der Waals surface area contributed by atoms with Crippen LogP contribution in [-0.4, -0.2) is 38.6 Å². The largest absolute Gasteiger partial charge is 0.320 e. The van der Waals surface area contributed by atoms with Crippen LogP contribution in [0.4, 0.5) is 17.1 Å². The molecular formula is C19H17ClN4O4S. The highest BCUT2D eigenvalue weighted by atomic mass is 35.5. The Labute approximate surface area is 176 Å². The molecule has 0 aromatic heterocycles. The molecular weight excluding hydrogens is 416 g/mol. The van der Waals surface area contributed by atoms with Crippen molar-refractivity contribution in [1.82, 2.24) is 4.90 Å². The number of nitrogens with zero attached hydrogens (tertiary/aromatic N) is 3. The third-order valence-corrected chi connectivity index (χ3v) is 5.56. The second kappa shape index (κ2) is 9.06. The molecule has 3 rings (SSSR count). The predicted octanol–water partition coefficient (Wildman–Crippen LogP) is 4.23. The number of thioether (sulfide) groups is 1. The second-order valence-corrected chi connectivity index (χ2v) is 7.69. The van der Waals surface area contributed by atoms with Gasteiger partial charge < -0.3 is 5.32 Å². The summed E-state index contributed by atoms with van der Waals surface area (Å²) in [6, 6.07) is 12.8. The number of amides is 2. The molecule has 0 aliphatic carbocycles. The van der Waals surface area contributed by atoms with Gasteiger partial charge in [0.15, 0.2) is 5.17 Å². The van der Waals surface area contributed by atoms with Crippen LogP contribution < -0.4 is 5.32 Å². The minimum absolute atomic E-state index is 0.0975. The van der Waals surface area contributed by atoms with E-state index in [9.17, 15) is 19.7 Å². The van der Waals surface area contributed by atoms with Gasteiger partial charge in [0, 0.05) is 24.1 Å². The molecule has 0 unspecified atom stereocenters. The molecule has 1 atom stereocenters. The topological polar surface area (TPSA) is 105 Å². The molecule has 8 nitrogen and oxygen atoms in total. The first kappa shape index (κ1) is 20.8. The highest BCUT2D eigenvalue weighted by molar-refractivity contribution is 8.15. The number of carbonyl (C=O) groups is 2. The number of para-hydroxylation sites is 2. The van der Waals surface area contributed by atoms with E-state index in [0.29, 0.717) is 22.4 Å². The molecule has 0 radical (unpaired) electrons. The summed E-state index contributed by atoms with van der Waals surface area (Å²) >= 11 is 7.08. The molecule has 0 saturated carbocycles. The highest BCUT2D eigenvalue weighted by Crippen LogP contribution is 2.32.